The number of piperidine rings is 3. The van der Waals surface area contributed by atoms with Crippen molar-refractivity contribution < 1.29 is 23.1 Å². The van der Waals surface area contributed by atoms with Gasteiger partial charge in [-0.05, 0) is 42.7 Å². The molecule has 36 heavy (non-hydrogen) atoms. The summed E-state index contributed by atoms with van der Waals surface area (Å²) in [5.74, 6) is 2.39. The minimum Gasteiger partial charge on any atom is -0.484 e. The highest BCUT2D eigenvalue weighted by molar-refractivity contribution is 5.30. The molecule has 1 aliphatic carbocycles. The first-order valence-electron chi connectivity index (χ1n) is 13.5. The second-order valence-electron chi connectivity index (χ2n) is 11.2. The van der Waals surface area contributed by atoms with Crippen molar-refractivity contribution in [2.45, 2.75) is 63.2 Å². The van der Waals surface area contributed by atoms with Gasteiger partial charge in [0.15, 0.2) is 17.5 Å². The Balaban J connectivity index is 1.23. The van der Waals surface area contributed by atoms with E-state index in [4.69, 9.17) is 9.15 Å². The molecule has 3 aliphatic heterocycles. The molecular formula is C30H36FN2O3+. The Bertz CT molecular complexity index is 1150. The zero-order valence-corrected chi connectivity index (χ0v) is 20.8. The summed E-state index contributed by atoms with van der Waals surface area (Å²) >= 11 is 0. The quantitative estimate of drug-likeness (QED) is 0.423. The Kier molecular flexibility index (Phi) is 6.34. The van der Waals surface area contributed by atoms with E-state index in [1.165, 1.54) is 18.6 Å². The first-order chi connectivity index (χ1) is 17.5. The minimum absolute atomic E-state index is 0.103. The Morgan fingerprint density at radius 1 is 0.972 bits per heavy atom. The highest BCUT2D eigenvalue weighted by Gasteiger charge is 2.49. The summed E-state index contributed by atoms with van der Waals surface area (Å²) in [5, 5.41) is 12.1. The lowest BCUT2D eigenvalue weighted by Crippen LogP contribution is -2.64. The van der Waals surface area contributed by atoms with Crippen molar-refractivity contribution >= 4 is 0 Å². The molecule has 5 nitrogen and oxygen atoms in total. The zero-order chi connectivity index (χ0) is 24.6. The second kappa shape index (κ2) is 9.64. The van der Waals surface area contributed by atoms with E-state index in [1.807, 2.05) is 36.5 Å². The average Bonchev–Trinajstić information content (AvgIpc) is 3.39. The summed E-state index contributed by atoms with van der Waals surface area (Å²) in [6, 6.07) is 16.3. The lowest BCUT2D eigenvalue weighted by Gasteiger charge is -2.51. The number of halogens is 1. The monoisotopic (exact) mass is 491 g/mol. The predicted molar refractivity (Wildman–Crippen MR) is 135 cm³/mol. The number of hydrogen-bond acceptors (Lipinski definition) is 4. The number of hydrogen-bond donors (Lipinski definition) is 1. The van der Waals surface area contributed by atoms with Gasteiger partial charge in [-0.25, -0.2) is 9.37 Å². The van der Waals surface area contributed by atoms with E-state index < -0.39 is 5.60 Å². The molecule has 0 spiro atoms. The molecule has 3 aromatic rings. The molecule has 1 saturated carbocycles. The van der Waals surface area contributed by atoms with E-state index >= 15 is 0 Å². The highest BCUT2D eigenvalue weighted by Crippen LogP contribution is 2.44. The van der Waals surface area contributed by atoms with E-state index in [2.05, 4.69) is 4.98 Å². The van der Waals surface area contributed by atoms with Crippen LogP contribution in [0.2, 0.25) is 0 Å². The maximum atomic E-state index is 13.3. The fraction of sp³-hybridized carbons (Fsp3) is 0.500. The summed E-state index contributed by atoms with van der Waals surface area (Å²) in [6.45, 7) is 3.84. The summed E-state index contributed by atoms with van der Waals surface area (Å²) < 4.78 is 27.0. The molecule has 4 fully saturated rings. The number of aromatic nitrogens is 1. The van der Waals surface area contributed by atoms with Crippen LogP contribution in [0.15, 0.2) is 65.2 Å². The van der Waals surface area contributed by atoms with Crippen LogP contribution in [0.5, 0.6) is 5.75 Å². The third-order valence-corrected chi connectivity index (χ3v) is 8.92. The fourth-order valence-electron chi connectivity index (χ4n) is 6.90. The Morgan fingerprint density at radius 3 is 2.42 bits per heavy atom. The Hall–Kier alpha value is -2.70. The van der Waals surface area contributed by atoms with Gasteiger partial charge in [-0.3, -0.25) is 0 Å². The largest absolute Gasteiger partial charge is 0.484 e. The second-order valence-corrected chi connectivity index (χ2v) is 11.2. The van der Waals surface area contributed by atoms with Gasteiger partial charge in [0, 0.05) is 24.7 Å². The molecule has 7 rings (SSSR count). The van der Waals surface area contributed by atoms with E-state index in [0.29, 0.717) is 11.8 Å². The molecule has 2 bridgehead atoms. The molecular weight excluding hydrogens is 455 g/mol. The molecule has 1 aromatic heterocycles. The molecule has 0 amide bonds. The van der Waals surface area contributed by atoms with E-state index in [9.17, 15) is 9.50 Å². The van der Waals surface area contributed by atoms with Gasteiger partial charge in [0.25, 0.3) is 0 Å². The molecule has 4 heterocycles. The summed E-state index contributed by atoms with van der Waals surface area (Å²) in [5.41, 5.74) is -0.341. The van der Waals surface area contributed by atoms with E-state index in [-0.39, 0.29) is 17.8 Å². The number of aliphatic hydroxyl groups is 1. The highest BCUT2D eigenvalue weighted by atomic mass is 19.1. The van der Waals surface area contributed by atoms with Crippen LogP contribution in [0, 0.1) is 17.7 Å². The number of nitrogens with zero attached hydrogens (tertiary/aromatic N) is 2. The lowest BCUT2D eigenvalue weighted by molar-refractivity contribution is -0.958. The van der Waals surface area contributed by atoms with Gasteiger partial charge in [-0.15, -0.1) is 0 Å². The normalized spacial score (nSPS) is 28.1. The van der Waals surface area contributed by atoms with Crippen molar-refractivity contribution in [1.82, 2.24) is 4.98 Å². The van der Waals surface area contributed by atoms with Gasteiger partial charge < -0.3 is 18.7 Å². The number of benzene rings is 2. The molecule has 1 unspecified atom stereocenters. The smallest absolute Gasteiger partial charge is 0.231 e. The van der Waals surface area contributed by atoms with Crippen LogP contribution >= 0.6 is 0 Å². The lowest BCUT2D eigenvalue weighted by atomic mass is 9.73. The number of fused-ring (bicyclic) bond motifs is 3. The Labute approximate surface area is 212 Å². The van der Waals surface area contributed by atoms with Crippen LogP contribution in [0.3, 0.4) is 0 Å². The van der Waals surface area contributed by atoms with Crippen LogP contribution in [0.25, 0.3) is 0 Å². The van der Waals surface area contributed by atoms with Gasteiger partial charge >= 0.3 is 0 Å². The maximum absolute atomic E-state index is 13.3. The molecule has 0 radical (unpaired) electrons. The van der Waals surface area contributed by atoms with Crippen LogP contribution < -0.4 is 4.74 Å². The van der Waals surface area contributed by atoms with Gasteiger partial charge in [-0.2, -0.15) is 0 Å². The third-order valence-electron chi connectivity index (χ3n) is 8.92. The van der Waals surface area contributed by atoms with E-state index in [1.54, 1.807) is 12.1 Å². The van der Waals surface area contributed by atoms with Gasteiger partial charge in [0.1, 0.15) is 24.7 Å². The van der Waals surface area contributed by atoms with Crippen molar-refractivity contribution in [2.24, 2.45) is 11.8 Å². The number of quaternary nitrogens is 1. The van der Waals surface area contributed by atoms with Crippen molar-refractivity contribution in [3.8, 4) is 5.75 Å². The van der Waals surface area contributed by atoms with Crippen LogP contribution in [0.4, 0.5) is 4.39 Å². The minimum atomic E-state index is -1.21. The SMILES string of the molecule is OC(c1ccccc1)(c1ncc(C[N+]23CCC(CC2)[C@H](Oc2ccc(F)cc2)C3)o1)C1CCCCC1. The number of rotatable bonds is 7. The zero-order valence-electron chi connectivity index (χ0n) is 20.8. The van der Waals surface area contributed by atoms with Crippen molar-refractivity contribution in [3.63, 3.8) is 0 Å². The first-order valence-corrected chi connectivity index (χ1v) is 13.5. The van der Waals surface area contributed by atoms with Crippen molar-refractivity contribution in [1.29, 1.82) is 0 Å². The summed E-state index contributed by atoms with van der Waals surface area (Å²) in [7, 11) is 0. The third kappa shape index (κ3) is 4.46. The topological polar surface area (TPSA) is 55.5 Å². The Morgan fingerprint density at radius 2 is 1.69 bits per heavy atom. The van der Waals surface area contributed by atoms with Crippen molar-refractivity contribution in [2.75, 3.05) is 19.6 Å². The molecule has 4 aliphatic rings. The number of ether oxygens (including phenoxy) is 1. The van der Waals surface area contributed by atoms with Gasteiger partial charge in [-0.1, -0.05) is 49.6 Å². The molecule has 6 heteroatoms. The molecule has 190 valence electrons. The van der Waals surface area contributed by atoms with Crippen LogP contribution in [-0.2, 0) is 12.1 Å². The molecule has 2 atom stereocenters. The van der Waals surface area contributed by atoms with Crippen LogP contribution in [-0.4, -0.2) is 40.3 Å². The van der Waals surface area contributed by atoms with Crippen molar-refractivity contribution in [3.05, 3.63) is 83.8 Å². The standard InChI is InChI=1S/C30H36FN2O3/c31-25-11-13-26(14-12-25)35-28-21-33(17-15-22(28)16-18-33)20-27-19-32-29(36-27)30(34,23-7-3-1-4-8-23)24-9-5-2-6-10-24/h1,3-4,7-8,11-14,19,22,24,28,34H,2,5-6,9-10,15-18,20-21H2/q+1/t22?,28-,30?,33?/m1/s1. The molecule has 2 aromatic carbocycles. The van der Waals surface area contributed by atoms with E-state index in [0.717, 1.165) is 86.3 Å². The predicted octanol–water partition coefficient (Wildman–Crippen LogP) is 5.82. The first kappa shape index (κ1) is 23.7. The molecule has 1 N–H and O–H groups in total. The van der Waals surface area contributed by atoms with Crippen LogP contribution in [0.1, 0.15) is 62.2 Å². The average molecular weight is 492 g/mol. The molecule has 3 saturated heterocycles. The number of oxazole rings is 1. The fourth-order valence-corrected chi connectivity index (χ4v) is 6.90. The van der Waals surface area contributed by atoms with Gasteiger partial charge in [0.2, 0.25) is 5.89 Å². The van der Waals surface area contributed by atoms with Gasteiger partial charge in [0.05, 0.1) is 19.3 Å². The summed E-state index contributed by atoms with van der Waals surface area (Å²) in [4.78, 5) is 4.69. The summed E-state index contributed by atoms with van der Waals surface area (Å²) in [6.07, 6.45) is 9.61. The maximum Gasteiger partial charge on any atom is 0.231 e.